The second-order valence-electron chi connectivity index (χ2n) is 6.74. The monoisotopic (exact) mass is 373 g/mol. The molecule has 1 N–H and O–H groups in total. The van der Waals surface area contributed by atoms with E-state index >= 15 is 0 Å². The van der Waals surface area contributed by atoms with E-state index < -0.39 is 0 Å². The molecule has 3 heterocycles. The summed E-state index contributed by atoms with van der Waals surface area (Å²) >= 11 is 0. The van der Waals surface area contributed by atoms with E-state index in [0.717, 1.165) is 22.4 Å². The minimum absolute atomic E-state index is 0.118. The lowest BCUT2D eigenvalue weighted by Gasteiger charge is -2.27. The molecule has 0 saturated carbocycles. The van der Waals surface area contributed by atoms with Crippen LogP contribution in [0.1, 0.15) is 11.1 Å². The van der Waals surface area contributed by atoms with Crippen LogP contribution in [0.3, 0.4) is 0 Å². The molecule has 0 amide bonds. The third kappa shape index (κ3) is 3.17. The van der Waals surface area contributed by atoms with Crippen LogP contribution in [-0.4, -0.2) is 49.3 Å². The highest BCUT2D eigenvalue weighted by atomic mass is 16.6. The van der Waals surface area contributed by atoms with Gasteiger partial charge in [0.25, 0.3) is 5.56 Å². The summed E-state index contributed by atoms with van der Waals surface area (Å²) in [7, 11) is 1.52. The third-order valence-corrected chi connectivity index (χ3v) is 5.13. The minimum atomic E-state index is -0.141. The van der Waals surface area contributed by atoms with E-state index in [2.05, 4.69) is 0 Å². The molecule has 0 unspecified atom stereocenters. The molecule has 1 atom stereocenters. The predicted octanol–water partition coefficient (Wildman–Crippen LogP) is 1.89. The lowest BCUT2D eigenvalue weighted by molar-refractivity contribution is -0.101. The first-order chi connectivity index (χ1) is 13.1. The maximum Gasteiger partial charge on any atom is 0.254 e. The van der Waals surface area contributed by atoms with Crippen LogP contribution in [0.4, 0.5) is 0 Å². The lowest BCUT2D eigenvalue weighted by Crippen LogP contribution is -2.34. The highest BCUT2D eigenvalue weighted by molar-refractivity contribution is 5.75. The Morgan fingerprint density at radius 1 is 1.30 bits per heavy atom. The first kappa shape index (κ1) is 17.9. The van der Waals surface area contributed by atoms with Crippen molar-refractivity contribution in [2.45, 2.75) is 26.0 Å². The SMILES string of the molecule is COc1ccc2c(c1O)CCn1c-2c(C)c(OC[C@@H]2COCCO2)cc1=O. The molecule has 1 saturated heterocycles. The fourth-order valence-corrected chi connectivity index (χ4v) is 3.74. The number of phenolic OH excluding ortho intramolecular Hbond substituents is 1. The van der Waals surface area contributed by atoms with Gasteiger partial charge in [-0.1, -0.05) is 0 Å². The van der Waals surface area contributed by atoms with Gasteiger partial charge in [0.1, 0.15) is 18.5 Å². The molecule has 4 rings (SSSR count). The molecular formula is C20H23NO6. The number of aromatic nitrogens is 1. The topological polar surface area (TPSA) is 79.2 Å². The maximum atomic E-state index is 12.6. The number of hydrogen-bond donors (Lipinski definition) is 1. The summed E-state index contributed by atoms with van der Waals surface area (Å²) < 4.78 is 23.8. The molecule has 144 valence electrons. The van der Waals surface area contributed by atoms with Crippen LogP contribution >= 0.6 is 0 Å². The lowest BCUT2D eigenvalue weighted by atomic mass is 9.93. The molecule has 0 spiro atoms. The van der Waals surface area contributed by atoms with E-state index in [9.17, 15) is 9.90 Å². The zero-order valence-corrected chi connectivity index (χ0v) is 15.5. The number of nitrogens with zero attached hydrogens (tertiary/aromatic N) is 1. The molecule has 0 radical (unpaired) electrons. The number of methoxy groups -OCH3 is 1. The Balaban J connectivity index is 1.72. The number of phenols is 1. The summed E-state index contributed by atoms with van der Waals surface area (Å²) in [6.07, 6.45) is 0.426. The van der Waals surface area contributed by atoms with Crippen LogP contribution in [0, 0.1) is 6.92 Å². The Bertz CT molecular complexity index is 914. The van der Waals surface area contributed by atoms with Crippen molar-refractivity contribution in [2.75, 3.05) is 33.5 Å². The molecule has 1 aromatic heterocycles. The van der Waals surface area contributed by atoms with Gasteiger partial charge in [-0.05, 0) is 25.5 Å². The van der Waals surface area contributed by atoms with Crippen LogP contribution in [0.2, 0.25) is 0 Å². The van der Waals surface area contributed by atoms with Crippen molar-refractivity contribution in [1.82, 2.24) is 4.57 Å². The van der Waals surface area contributed by atoms with Crippen LogP contribution in [-0.2, 0) is 22.4 Å². The Kier molecular flexibility index (Phi) is 4.80. The second kappa shape index (κ2) is 7.25. The van der Waals surface area contributed by atoms with E-state index in [1.165, 1.54) is 13.2 Å². The van der Waals surface area contributed by atoms with E-state index in [1.54, 1.807) is 10.6 Å². The number of aromatic hydroxyl groups is 1. The normalized spacial score (nSPS) is 18.5. The van der Waals surface area contributed by atoms with Crippen LogP contribution < -0.4 is 15.0 Å². The molecule has 27 heavy (non-hydrogen) atoms. The fourth-order valence-electron chi connectivity index (χ4n) is 3.74. The Morgan fingerprint density at radius 2 is 2.15 bits per heavy atom. The van der Waals surface area contributed by atoms with Gasteiger partial charge in [-0.2, -0.15) is 0 Å². The molecule has 2 aromatic rings. The van der Waals surface area contributed by atoms with E-state index in [4.69, 9.17) is 18.9 Å². The summed E-state index contributed by atoms with van der Waals surface area (Å²) in [6, 6.07) is 5.12. The first-order valence-corrected chi connectivity index (χ1v) is 9.06. The van der Waals surface area contributed by atoms with E-state index in [1.807, 2.05) is 13.0 Å². The average Bonchev–Trinajstić information content (AvgIpc) is 2.70. The summed E-state index contributed by atoms with van der Waals surface area (Å²) in [6.45, 7) is 4.38. The summed E-state index contributed by atoms with van der Waals surface area (Å²) in [5.74, 6) is 1.10. The van der Waals surface area contributed by atoms with Crippen molar-refractivity contribution in [3.05, 3.63) is 39.7 Å². The van der Waals surface area contributed by atoms with Crippen molar-refractivity contribution in [3.63, 3.8) is 0 Å². The van der Waals surface area contributed by atoms with Gasteiger partial charge in [-0.15, -0.1) is 0 Å². The minimum Gasteiger partial charge on any atom is -0.504 e. The van der Waals surface area contributed by atoms with Gasteiger partial charge in [0.05, 0.1) is 32.6 Å². The van der Waals surface area contributed by atoms with Gasteiger partial charge in [0.15, 0.2) is 11.5 Å². The van der Waals surface area contributed by atoms with Gasteiger partial charge in [-0.3, -0.25) is 4.79 Å². The number of fused-ring (bicyclic) bond motifs is 3. The molecule has 2 aliphatic rings. The first-order valence-electron chi connectivity index (χ1n) is 9.06. The summed E-state index contributed by atoms with van der Waals surface area (Å²) in [5.41, 5.74) is 3.14. The molecule has 1 aromatic carbocycles. The largest absolute Gasteiger partial charge is 0.504 e. The second-order valence-corrected chi connectivity index (χ2v) is 6.74. The zero-order chi connectivity index (χ0) is 19.0. The highest BCUT2D eigenvalue weighted by Crippen LogP contribution is 2.42. The maximum absolute atomic E-state index is 12.6. The number of hydrogen-bond acceptors (Lipinski definition) is 6. The highest BCUT2D eigenvalue weighted by Gasteiger charge is 2.25. The summed E-state index contributed by atoms with van der Waals surface area (Å²) in [5, 5.41) is 10.5. The smallest absolute Gasteiger partial charge is 0.254 e. The number of ether oxygens (including phenoxy) is 4. The van der Waals surface area contributed by atoms with Crippen molar-refractivity contribution in [2.24, 2.45) is 0 Å². The molecule has 7 heteroatoms. The Hall–Kier alpha value is -2.51. The Morgan fingerprint density at radius 3 is 2.89 bits per heavy atom. The zero-order valence-electron chi connectivity index (χ0n) is 15.5. The quantitative estimate of drug-likeness (QED) is 0.882. The van der Waals surface area contributed by atoms with E-state index in [-0.39, 0.29) is 17.4 Å². The average molecular weight is 373 g/mol. The van der Waals surface area contributed by atoms with Gasteiger partial charge in [-0.25, -0.2) is 0 Å². The summed E-state index contributed by atoms with van der Waals surface area (Å²) in [4.78, 5) is 12.6. The molecular weight excluding hydrogens is 350 g/mol. The Labute approximate surface area is 157 Å². The standard InChI is InChI=1S/C20H23NO6/c1-12-17(27-11-13-10-25-7-8-26-13)9-18(22)21-6-5-15-14(19(12)21)3-4-16(24-2)20(15)23/h3-4,9,13,23H,5-8,10-11H2,1-2H3/t13-/m0/s1. The number of benzene rings is 1. The molecule has 1 fully saturated rings. The molecule has 0 aliphatic carbocycles. The van der Waals surface area contributed by atoms with Gasteiger partial charge in [0, 0.05) is 29.3 Å². The van der Waals surface area contributed by atoms with Crippen molar-refractivity contribution < 1.29 is 24.1 Å². The van der Waals surface area contributed by atoms with Crippen LogP contribution in [0.15, 0.2) is 23.0 Å². The molecule has 0 bridgehead atoms. The van der Waals surface area contributed by atoms with E-state index in [0.29, 0.717) is 50.9 Å². The van der Waals surface area contributed by atoms with Crippen LogP contribution in [0.25, 0.3) is 11.3 Å². The molecule has 2 aliphatic heterocycles. The number of pyridine rings is 1. The van der Waals surface area contributed by atoms with Crippen molar-refractivity contribution in [1.29, 1.82) is 0 Å². The van der Waals surface area contributed by atoms with Gasteiger partial charge in [0.2, 0.25) is 0 Å². The van der Waals surface area contributed by atoms with Crippen molar-refractivity contribution in [3.8, 4) is 28.5 Å². The molecule has 7 nitrogen and oxygen atoms in total. The predicted molar refractivity (Wildman–Crippen MR) is 98.8 cm³/mol. The fraction of sp³-hybridized carbons (Fsp3) is 0.450. The van der Waals surface area contributed by atoms with Crippen molar-refractivity contribution >= 4 is 0 Å². The van der Waals surface area contributed by atoms with Crippen LogP contribution in [0.5, 0.6) is 17.2 Å². The van der Waals surface area contributed by atoms with Gasteiger partial charge < -0.3 is 28.6 Å². The van der Waals surface area contributed by atoms with Gasteiger partial charge >= 0.3 is 0 Å². The number of rotatable bonds is 4. The third-order valence-electron chi connectivity index (χ3n) is 5.13.